The van der Waals surface area contributed by atoms with Gasteiger partial charge in [0.1, 0.15) is 17.9 Å². The van der Waals surface area contributed by atoms with Crippen molar-refractivity contribution in [1.82, 2.24) is 19.5 Å². The smallest absolute Gasteiger partial charge is 0.280 e. The Bertz CT molecular complexity index is 983. The maximum absolute atomic E-state index is 12.4. The molecule has 1 fully saturated rings. The second-order valence-electron chi connectivity index (χ2n) is 7.12. The highest BCUT2D eigenvalue weighted by Crippen LogP contribution is 2.32. The molecular weight excluding hydrogens is 396 g/mol. The molecule has 1 amide bonds. The molecule has 2 aromatic rings. The number of ether oxygens (including phenoxy) is 3. The molecular formula is C18H26N6O6. The van der Waals surface area contributed by atoms with Gasteiger partial charge in [-0.2, -0.15) is 4.98 Å². The molecule has 0 saturated carbocycles. The van der Waals surface area contributed by atoms with Gasteiger partial charge in [0.2, 0.25) is 11.9 Å². The second kappa shape index (κ2) is 9.32. The number of carbonyl (C=O) groups excluding carboxylic acids is 1. The van der Waals surface area contributed by atoms with Gasteiger partial charge in [0.15, 0.2) is 17.4 Å². The summed E-state index contributed by atoms with van der Waals surface area (Å²) < 4.78 is 18.4. The van der Waals surface area contributed by atoms with Crippen LogP contribution in [0.1, 0.15) is 33.4 Å². The predicted octanol–water partition coefficient (Wildman–Crippen LogP) is 0.883. The minimum Gasteiger partial charge on any atom is -0.411 e. The summed E-state index contributed by atoms with van der Waals surface area (Å²) in [7, 11) is 1.55. The number of aromatic nitrogens is 4. The summed E-state index contributed by atoms with van der Waals surface area (Å²) in [6.07, 6.45) is -0.0260. The van der Waals surface area contributed by atoms with Crippen LogP contribution in [0.2, 0.25) is 0 Å². The quantitative estimate of drug-likeness (QED) is 0.322. The molecule has 2 aromatic heterocycles. The van der Waals surface area contributed by atoms with Crippen molar-refractivity contribution in [2.24, 2.45) is 11.1 Å². The SMILES string of the molecule is CC[C@H]1O[C@@H](n2cnc3c(=O)[nH]c(NC(=O)C(C)C)nc32)[C@H](OCCOC)C1=NO. The Kier molecular flexibility index (Phi) is 6.80. The first-order chi connectivity index (χ1) is 14.4. The lowest BCUT2D eigenvalue weighted by Crippen LogP contribution is -2.31. The number of rotatable bonds is 8. The monoisotopic (exact) mass is 422 g/mol. The van der Waals surface area contributed by atoms with Gasteiger partial charge in [0.05, 0.1) is 19.5 Å². The molecule has 0 aromatic carbocycles. The number of methoxy groups -OCH3 is 1. The molecule has 0 spiro atoms. The number of hydrogen-bond donors (Lipinski definition) is 3. The molecule has 0 bridgehead atoms. The fourth-order valence-electron chi connectivity index (χ4n) is 3.14. The van der Waals surface area contributed by atoms with E-state index in [4.69, 9.17) is 14.2 Å². The molecule has 3 N–H and O–H groups in total. The van der Waals surface area contributed by atoms with E-state index in [9.17, 15) is 14.8 Å². The maximum atomic E-state index is 12.4. The van der Waals surface area contributed by atoms with E-state index in [-0.39, 0.29) is 35.5 Å². The summed E-state index contributed by atoms with van der Waals surface area (Å²) in [5.74, 6) is -0.575. The number of oxime groups is 1. The Morgan fingerprint density at radius 3 is 2.87 bits per heavy atom. The molecule has 30 heavy (non-hydrogen) atoms. The molecule has 164 valence electrons. The fraction of sp³-hybridized carbons (Fsp3) is 0.611. The standard InChI is InChI=1S/C18H26N6O6/c1-5-10-11(23-27)13(29-7-6-28-4)17(30-10)24-8-19-12-14(24)20-18(22-16(12)26)21-15(25)9(2)3/h8-10,13,17,27H,5-7H2,1-4H3,(H2,20,21,22,25,26)/t10-,13-,17-/m1/s1. The molecule has 3 rings (SSSR count). The van der Waals surface area contributed by atoms with Crippen molar-refractivity contribution in [3.63, 3.8) is 0 Å². The third-order valence-electron chi connectivity index (χ3n) is 4.73. The molecule has 1 aliphatic rings. The van der Waals surface area contributed by atoms with E-state index in [0.717, 1.165) is 0 Å². The molecule has 3 heterocycles. The Morgan fingerprint density at radius 2 is 2.23 bits per heavy atom. The summed E-state index contributed by atoms with van der Waals surface area (Å²) in [6.45, 7) is 5.93. The lowest BCUT2D eigenvalue weighted by molar-refractivity contribution is -0.118. The van der Waals surface area contributed by atoms with Gasteiger partial charge in [-0.25, -0.2) is 4.98 Å². The van der Waals surface area contributed by atoms with Gasteiger partial charge in [0.25, 0.3) is 5.56 Å². The minimum atomic E-state index is -0.773. The zero-order valence-corrected chi connectivity index (χ0v) is 17.3. The van der Waals surface area contributed by atoms with E-state index in [0.29, 0.717) is 18.7 Å². The minimum absolute atomic E-state index is 0.00545. The summed E-state index contributed by atoms with van der Waals surface area (Å²) >= 11 is 0. The number of nitrogens with zero attached hydrogens (tertiary/aromatic N) is 4. The summed E-state index contributed by atoms with van der Waals surface area (Å²) in [5.41, 5.74) is 0.116. The van der Waals surface area contributed by atoms with Crippen LogP contribution in [0.25, 0.3) is 11.2 Å². The number of fused-ring (bicyclic) bond motifs is 1. The van der Waals surface area contributed by atoms with Crippen molar-refractivity contribution >= 4 is 28.7 Å². The van der Waals surface area contributed by atoms with Crippen LogP contribution in [0, 0.1) is 5.92 Å². The Labute approximate surface area is 172 Å². The van der Waals surface area contributed by atoms with Gasteiger partial charge < -0.3 is 19.4 Å². The van der Waals surface area contributed by atoms with E-state index in [2.05, 4.69) is 25.4 Å². The van der Waals surface area contributed by atoms with Gasteiger partial charge in [-0.1, -0.05) is 25.9 Å². The fourth-order valence-corrected chi connectivity index (χ4v) is 3.14. The molecule has 0 radical (unpaired) electrons. The highest BCUT2D eigenvalue weighted by Gasteiger charge is 2.44. The van der Waals surface area contributed by atoms with E-state index in [1.165, 1.54) is 10.9 Å². The number of aromatic amines is 1. The molecule has 0 aliphatic carbocycles. The van der Waals surface area contributed by atoms with E-state index in [1.807, 2.05) is 6.92 Å². The number of nitrogens with one attached hydrogen (secondary N) is 2. The van der Waals surface area contributed by atoms with Crippen molar-refractivity contribution in [3.05, 3.63) is 16.7 Å². The summed E-state index contributed by atoms with van der Waals surface area (Å²) in [4.78, 5) is 35.4. The topological polar surface area (TPSA) is 153 Å². The first-order valence-corrected chi connectivity index (χ1v) is 9.66. The number of imidazole rings is 1. The van der Waals surface area contributed by atoms with Gasteiger partial charge in [-0.15, -0.1) is 0 Å². The van der Waals surface area contributed by atoms with Crippen molar-refractivity contribution in [1.29, 1.82) is 0 Å². The molecule has 3 atom stereocenters. The number of H-pyrrole nitrogens is 1. The van der Waals surface area contributed by atoms with Crippen LogP contribution in [0.5, 0.6) is 0 Å². The zero-order valence-electron chi connectivity index (χ0n) is 17.3. The van der Waals surface area contributed by atoms with Crippen LogP contribution < -0.4 is 10.9 Å². The normalized spacial score (nSPS) is 23.0. The first kappa shape index (κ1) is 21.9. The van der Waals surface area contributed by atoms with Crippen LogP contribution in [0.4, 0.5) is 5.95 Å². The molecule has 12 nitrogen and oxygen atoms in total. The van der Waals surface area contributed by atoms with Gasteiger partial charge in [-0.05, 0) is 6.42 Å². The van der Waals surface area contributed by atoms with Crippen molar-refractivity contribution in [3.8, 4) is 0 Å². The highest BCUT2D eigenvalue weighted by molar-refractivity contribution is 5.94. The van der Waals surface area contributed by atoms with E-state index in [1.54, 1.807) is 21.0 Å². The van der Waals surface area contributed by atoms with Crippen molar-refractivity contribution in [2.75, 3.05) is 25.6 Å². The summed E-state index contributed by atoms with van der Waals surface area (Å²) in [6, 6.07) is 0. The lowest BCUT2D eigenvalue weighted by Gasteiger charge is -2.20. The van der Waals surface area contributed by atoms with Crippen LogP contribution in [0.3, 0.4) is 0 Å². The molecule has 1 saturated heterocycles. The summed E-state index contributed by atoms with van der Waals surface area (Å²) in [5, 5.41) is 15.5. The van der Waals surface area contributed by atoms with Crippen LogP contribution in [0.15, 0.2) is 16.3 Å². The second-order valence-corrected chi connectivity index (χ2v) is 7.12. The van der Waals surface area contributed by atoms with Crippen LogP contribution in [-0.2, 0) is 19.0 Å². The van der Waals surface area contributed by atoms with E-state index >= 15 is 0 Å². The van der Waals surface area contributed by atoms with Gasteiger partial charge >= 0.3 is 0 Å². The average molecular weight is 422 g/mol. The Morgan fingerprint density at radius 1 is 1.47 bits per heavy atom. The van der Waals surface area contributed by atoms with E-state index < -0.39 is 24.0 Å². The number of hydrogen-bond acceptors (Lipinski definition) is 9. The lowest BCUT2D eigenvalue weighted by atomic mass is 10.1. The van der Waals surface area contributed by atoms with Crippen LogP contribution >= 0.6 is 0 Å². The molecule has 1 aliphatic heterocycles. The van der Waals surface area contributed by atoms with Crippen molar-refractivity contribution < 1.29 is 24.2 Å². The highest BCUT2D eigenvalue weighted by atomic mass is 16.6. The van der Waals surface area contributed by atoms with Gasteiger partial charge in [0, 0.05) is 13.0 Å². The number of anilines is 1. The Balaban J connectivity index is 2.01. The average Bonchev–Trinajstić information content (AvgIpc) is 3.29. The Hall–Kier alpha value is -2.83. The number of carbonyl (C=O) groups is 1. The predicted molar refractivity (Wildman–Crippen MR) is 107 cm³/mol. The van der Waals surface area contributed by atoms with Gasteiger partial charge in [-0.3, -0.25) is 24.5 Å². The largest absolute Gasteiger partial charge is 0.411 e. The first-order valence-electron chi connectivity index (χ1n) is 9.66. The molecule has 12 heteroatoms. The van der Waals surface area contributed by atoms with Crippen LogP contribution in [-0.4, -0.2) is 68.9 Å². The molecule has 0 unspecified atom stereocenters. The maximum Gasteiger partial charge on any atom is 0.280 e. The zero-order chi connectivity index (χ0) is 21.8. The third-order valence-corrected chi connectivity index (χ3v) is 4.73. The number of amides is 1. The van der Waals surface area contributed by atoms with Crippen molar-refractivity contribution in [2.45, 2.75) is 45.6 Å². The third kappa shape index (κ3) is 4.20.